The number of nitrogens with one attached hydrogen (secondary N) is 2. The van der Waals surface area contributed by atoms with Gasteiger partial charge in [-0.15, -0.1) is 0 Å². The lowest BCUT2D eigenvalue weighted by molar-refractivity contribution is -0.121. The van der Waals surface area contributed by atoms with Crippen molar-refractivity contribution in [2.24, 2.45) is 5.92 Å². The number of amides is 1. The Kier molecular flexibility index (Phi) is 5.23. The largest absolute Gasteiger partial charge is 0.384 e. The molecular weight excluding hydrogens is 262 g/mol. The second-order valence-corrected chi connectivity index (χ2v) is 6.45. The molecule has 0 saturated carbocycles. The molecule has 0 spiro atoms. The molecule has 1 aliphatic heterocycles. The van der Waals surface area contributed by atoms with Crippen LogP contribution in [0.2, 0.25) is 0 Å². The molecule has 4 nitrogen and oxygen atoms in total. The summed E-state index contributed by atoms with van der Waals surface area (Å²) in [5.74, 6) is 0.957. The summed E-state index contributed by atoms with van der Waals surface area (Å²) in [5.41, 5.74) is 2.43. The number of fused-ring (bicyclic) bond motifs is 1. The van der Waals surface area contributed by atoms with E-state index in [1.165, 1.54) is 11.3 Å². The van der Waals surface area contributed by atoms with Crippen molar-refractivity contribution < 1.29 is 4.79 Å². The molecule has 0 radical (unpaired) electrons. The average molecular weight is 289 g/mol. The van der Waals surface area contributed by atoms with Crippen LogP contribution in [0.15, 0.2) is 24.3 Å². The van der Waals surface area contributed by atoms with Gasteiger partial charge in [0.1, 0.15) is 0 Å². The minimum atomic E-state index is 0.144. The molecule has 4 heteroatoms. The van der Waals surface area contributed by atoms with Crippen LogP contribution in [0.4, 0.5) is 5.69 Å². The van der Waals surface area contributed by atoms with Gasteiger partial charge in [0.25, 0.3) is 0 Å². The lowest BCUT2D eigenvalue weighted by atomic mass is 9.97. The van der Waals surface area contributed by atoms with Crippen molar-refractivity contribution in [2.45, 2.75) is 32.2 Å². The minimum absolute atomic E-state index is 0.144. The van der Waals surface area contributed by atoms with Crippen molar-refractivity contribution in [3.63, 3.8) is 0 Å². The van der Waals surface area contributed by atoms with Crippen molar-refractivity contribution in [1.29, 1.82) is 0 Å². The van der Waals surface area contributed by atoms with Gasteiger partial charge in [-0.25, -0.2) is 0 Å². The fourth-order valence-electron chi connectivity index (χ4n) is 3.07. The summed E-state index contributed by atoms with van der Waals surface area (Å²) in [6.45, 7) is 5.95. The number of benzene rings is 1. The molecule has 1 aromatic rings. The van der Waals surface area contributed by atoms with Crippen LogP contribution in [0.3, 0.4) is 0 Å². The van der Waals surface area contributed by atoms with Crippen LogP contribution in [0, 0.1) is 5.92 Å². The zero-order valence-electron chi connectivity index (χ0n) is 13.5. The van der Waals surface area contributed by atoms with E-state index in [-0.39, 0.29) is 11.8 Å². The van der Waals surface area contributed by atoms with Crippen LogP contribution in [-0.2, 0) is 4.79 Å². The van der Waals surface area contributed by atoms with Gasteiger partial charge >= 0.3 is 0 Å². The van der Waals surface area contributed by atoms with E-state index < -0.39 is 0 Å². The highest BCUT2D eigenvalue weighted by Gasteiger charge is 2.24. The SMILES string of the molecule is CC(C)C(CNC(=O)CC1CNc2ccccc21)N(C)C. The van der Waals surface area contributed by atoms with Crippen LogP contribution in [0.1, 0.15) is 31.7 Å². The first kappa shape index (κ1) is 15.8. The minimum Gasteiger partial charge on any atom is -0.384 e. The van der Waals surface area contributed by atoms with Crippen molar-refractivity contribution in [1.82, 2.24) is 10.2 Å². The van der Waals surface area contributed by atoms with E-state index in [1.54, 1.807) is 0 Å². The summed E-state index contributed by atoms with van der Waals surface area (Å²) in [6.07, 6.45) is 0.558. The summed E-state index contributed by atoms with van der Waals surface area (Å²) >= 11 is 0. The third-order valence-corrected chi connectivity index (χ3v) is 4.31. The fourth-order valence-corrected chi connectivity index (χ4v) is 3.07. The first-order valence-electron chi connectivity index (χ1n) is 7.75. The number of nitrogens with zero attached hydrogens (tertiary/aromatic N) is 1. The Hall–Kier alpha value is -1.55. The zero-order valence-corrected chi connectivity index (χ0v) is 13.5. The summed E-state index contributed by atoms with van der Waals surface area (Å²) in [6, 6.07) is 8.64. The molecule has 0 aromatic heterocycles. The van der Waals surface area contributed by atoms with Crippen LogP contribution in [0.25, 0.3) is 0 Å². The quantitative estimate of drug-likeness (QED) is 0.844. The highest BCUT2D eigenvalue weighted by Crippen LogP contribution is 2.32. The molecule has 0 bridgehead atoms. The van der Waals surface area contributed by atoms with Gasteiger partial charge in [0.2, 0.25) is 5.91 Å². The zero-order chi connectivity index (χ0) is 15.4. The summed E-state index contributed by atoms with van der Waals surface area (Å²) in [7, 11) is 4.13. The Balaban J connectivity index is 1.86. The number of para-hydroxylation sites is 1. The third-order valence-electron chi connectivity index (χ3n) is 4.31. The molecular formula is C17H27N3O. The molecule has 0 saturated heterocycles. The van der Waals surface area contributed by atoms with E-state index in [0.717, 1.165) is 6.54 Å². The monoisotopic (exact) mass is 289 g/mol. The van der Waals surface area contributed by atoms with E-state index in [9.17, 15) is 4.79 Å². The second kappa shape index (κ2) is 6.94. The number of likely N-dealkylation sites (N-methyl/N-ethyl adjacent to an activating group) is 1. The van der Waals surface area contributed by atoms with E-state index in [4.69, 9.17) is 0 Å². The Morgan fingerprint density at radius 1 is 1.38 bits per heavy atom. The number of carbonyl (C=O) groups is 1. The van der Waals surface area contributed by atoms with Crippen molar-refractivity contribution in [3.05, 3.63) is 29.8 Å². The third kappa shape index (κ3) is 3.97. The number of hydrogen-bond acceptors (Lipinski definition) is 3. The predicted molar refractivity (Wildman–Crippen MR) is 87.6 cm³/mol. The Morgan fingerprint density at radius 2 is 2.10 bits per heavy atom. The fraction of sp³-hybridized carbons (Fsp3) is 0.588. The number of anilines is 1. The lowest BCUT2D eigenvalue weighted by Gasteiger charge is -2.28. The van der Waals surface area contributed by atoms with Crippen LogP contribution >= 0.6 is 0 Å². The summed E-state index contributed by atoms with van der Waals surface area (Å²) in [5, 5.41) is 6.46. The molecule has 116 valence electrons. The number of carbonyl (C=O) groups excluding carboxylic acids is 1. The van der Waals surface area contributed by atoms with Gasteiger partial charge in [-0.1, -0.05) is 32.0 Å². The highest BCUT2D eigenvalue weighted by atomic mass is 16.1. The molecule has 2 atom stereocenters. The normalized spacial score (nSPS) is 18.5. The van der Waals surface area contributed by atoms with Gasteiger partial charge in [-0.05, 0) is 31.6 Å². The van der Waals surface area contributed by atoms with Crippen LogP contribution in [0.5, 0.6) is 0 Å². The maximum absolute atomic E-state index is 12.2. The number of hydrogen-bond donors (Lipinski definition) is 2. The van der Waals surface area contributed by atoms with E-state index in [1.807, 2.05) is 12.1 Å². The standard InChI is InChI=1S/C17H27N3O/c1-12(2)16(20(3)4)11-19-17(21)9-13-10-18-15-8-6-5-7-14(13)15/h5-8,12-13,16,18H,9-11H2,1-4H3,(H,19,21). The lowest BCUT2D eigenvalue weighted by Crippen LogP contribution is -2.43. The second-order valence-electron chi connectivity index (χ2n) is 6.45. The molecule has 21 heavy (non-hydrogen) atoms. The summed E-state index contributed by atoms with van der Waals surface area (Å²) in [4.78, 5) is 14.4. The molecule has 1 aromatic carbocycles. The number of rotatable bonds is 6. The Morgan fingerprint density at radius 3 is 2.76 bits per heavy atom. The van der Waals surface area contributed by atoms with Crippen LogP contribution in [-0.4, -0.2) is 44.0 Å². The highest BCUT2D eigenvalue weighted by molar-refractivity contribution is 5.78. The van der Waals surface area contributed by atoms with Crippen molar-refractivity contribution in [2.75, 3.05) is 32.5 Å². The Labute approximate surface area is 127 Å². The molecule has 1 heterocycles. The molecule has 0 aliphatic carbocycles. The summed E-state index contributed by atoms with van der Waals surface area (Å²) < 4.78 is 0. The van der Waals surface area contributed by atoms with Gasteiger partial charge in [-0.2, -0.15) is 0 Å². The maximum Gasteiger partial charge on any atom is 0.220 e. The van der Waals surface area contributed by atoms with Gasteiger partial charge < -0.3 is 15.5 Å². The van der Waals surface area contributed by atoms with E-state index in [2.05, 4.69) is 55.6 Å². The Bertz CT molecular complexity index is 477. The predicted octanol–water partition coefficient (Wildman–Crippen LogP) is 2.29. The molecule has 2 unspecified atom stereocenters. The van der Waals surface area contributed by atoms with E-state index >= 15 is 0 Å². The molecule has 1 aliphatic rings. The van der Waals surface area contributed by atoms with Crippen molar-refractivity contribution in [3.8, 4) is 0 Å². The molecule has 0 fully saturated rings. The van der Waals surface area contributed by atoms with Gasteiger partial charge in [0.15, 0.2) is 0 Å². The van der Waals surface area contributed by atoms with Gasteiger partial charge in [-0.3, -0.25) is 4.79 Å². The van der Waals surface area contributed by atoms with Crippen molar-refractivity contribution >= 4 is 11.6 Å². The topological polar surface area (TPSA) is 44.4 Å². The van der Waals surface area contributed by atoms with Gasteiger partial charge in [0, 0.05) is 37.2 Å². The molecule has 2 rings (SSSR count). The molecule has 1 amide bonds. The molecule has 2 N–H and O–H groups in total. The van der Waals surface area contributed by atoms with Crippen LogP contribution < -0.4 is 10.6 Å². The smallest absolute Gasteiger partial charge is 0.220 e. The van der Waals surface area contributed by atoms with E-state index in [0.29, 0.717) is 24.9 Å². The maximum atomic E-state index is 12.2. The first-order valence-corrected chi connectivity index (χ1v) is 7.75. The first-order chi connectivity index (χ1) is 9.99. The van der Waals surface area contributed by atoms with Gasteiger partial charge in [0.05, 0.1) is 0 Å². The average Bonchev–Trinajstić information content (AvgIpc) is 2.81.